The van der Waals surface area contributed by atoms with Crippen molar-refractivity contribution in [1.82, 2.24) is 15.5 Å². The van der Waals surface area contributed by atoms with Gasteiger partial charge in [-0.2, -0.15) is 4.98 Å². The van der Waals surface area contributed by atoms with E-state index in [1.807, 2.05) is 0 Å². The molecule has 0 radical (unpaired) electrons. The van der Waals surface area contributed by atoms with Crippen molar-refractivity contribution in [1.29, 1.82) is 0 Å². The number of carbonyl (C=O) groups excluding carboxylic acids is 1. The lowest BCUT2D eigenvalue weighted by atomic mass is 10.2. The van der Waals surface area contributed by atoms with Crippen LogP contribution in [0.25, 0.3) is 11.4 Å². The van der Waals surface area contributed by atoms with Gasteiger partial charge in [0.05, 0.1) is 20.8 Å². The lowest BCUT2D eigenvalue weighted by molar-refractivity contribution is 0.0946. The normalized spacial score (nSPS) is 10.3. The minimum absolute atomic E-state index is 0.0941. The van der Waals surface area contributed by atoms with E-state index >= 15 is 0 Å². The first-order chi connectivity index (χ1) is 14.1. The number of ether oxygens (including phenoxy) is 3. The molecule has 2 aromatic carbocycles. The molecule has 0 saturated heterocycles. The first kappa shape index (κ1) is 19.9. The number of rotatable bonds is 9. The quantitative estimate of drug-likeness (QED) is 0.556. The fraction of sp³-hybridized carbons (Fsp3) is 0.190. The third kappa shape index (κ3) is 4.92. The maximum Gasteiger partial charge on any atom is 0.251 e. The minimum atomic E-state index is -0.278. The monoisotopic (exact) mass is 395 g/mol. The number of nitrogens with one attached hydrogen (secondary N) is 1. The van der Waals surface area contributed by atoms with Gasteiger partial charge >= 0.3 is 0 Å². The molecular formula is C21H21N3O5. The third-order valence-corrected chi connectivity index (χ3v) is 3.97. The van der Waals surface area contributed by atoms with Crippen LogP contribution in [0.1, 0.15) is 16.2 Å². The summed E-state index contributed by atoms with van der Waals surface area (Å²) in [7, 11) is 3.12. The number of benzene rings is 2. The molecule has 0 aliphatic rings. The van der Waals surface area contributed by atoms with Crippen LogP contribution in [-0.4, -0.2) is 36.9 Å². The molecule has 29 heavy (non-hydrogen) atoms. The van der Waals surface area contributed by atoms with Crippen LogP contribution in [-0.2, 0) is 6.54 Å². The van der Waals surface area contributed by atoms with Crippen molar-refractivity contribution in [3.8, 4) is 28.6 Å². The molecule has 0 fully saturated rings. The fourth-order valence-electron chi connectivity index (χ4n) is 2.56. The average Bonchev–Trinajstić information content (AvgIpc) is 3.24. The summed E-state index contributed by atoms with van der Waals surface area (Å²) in [5.74, 6) is 2.14. The Hall–Kier alpha value is -3.81. The fourth-order valence-corrected chi connectivity index (χ4v) is 2.56. The molecule has 0 unspecified atom stereocenters. The van der Waals surface area contributed by atoms with Crippen LogP contribution in [0.5, 0.6) is 17.2 Å². The molecule has 1 amide bonds. The molecule has 0 saturated carbocycles. The number of aromatic nitrogens is 2. The van der Waals surface area contributed by atoms with Gasteiger partial charge in [-0.05, 0) is 36.4 Å². The first-order valence-electron chi connectivity index (χ1n) is 8.81. The molecule has 1 N–H and O–H groups in total. The van der Waals surface area contributed by atoms with Crippen molar-refractivity contribution in [2.75, 3.05) is 20.8 Å². The van der Waals surface area contributed by atoms with Gasteiger partial charge < -0.3 is 24.1 Å². The van der Waals surface area contributed by atoms with Crippen molar-refractivity contribution < 1.29 is 23.5 Å². The zero-order valence-electron chi connectivity index (χ0n) is 16.2. The van der Waals surface area contributed by atoms with Crippen molar-refractivity contribution in [3.63, 3.8) is 0 Å². The Morgan fingerprint density at radius 2 is 2.00 bits per heavy atom. The second-order valence-corrected chi connectivity index (χ2v) is 5.89. The molecular weight excluding hydrogens is 374 g/mol. The van der Waals surface area contributed by atoms with E-state index in [-0.39, 0.29) is 18.3 Å². The molecule has 8 heteroatoms. The molecule has 0 atom stereocenters. The van der Waals surface area contributed by atoms with E-state index in [1.54, 1.807) is 62.8 Å². The van der Waals surface area contributed by atoms with Crippen molar-refractivity contribution >= 4 is 5.91 Å². The van der Waals surface area contributed by atoms with Crippen LogP contribution >= 0.6 is 0 Å². The smallest absolute Gasteiger partial charge is 0.251 e. The van der Waals surface area contributed by atoms with Gasteiger partial charge in [-0.1, -0.05) is 23.9 Å². The summed E-state index contributed by atoms with van der Waals surface area (Å²) in [6.45, 7) is 4.06. The predicted octanol–water partition coefficient (Wildman–Crippen LogP) is 3.25. The van der Waals surface area contributed by atoms with E-state index in [1.165, 1.54) is 0 Å². The Bertz CT molecular complexity index is 999. The number of methoxy groups -OCH3 is 2. The van der Waals surface area contributed by atoms with E-state index in [2.05, 4.69) is 22.0 Å². The lowest BCUT2D eigenvalue weighted by Gasteiger charge is -2.07. The van der Waals surface area contributed by atoms with Crippen molar-refractivity contribution in [2.45, 2.75) is 6.54 Å². The second kappa shape index (κ2) is 9.41. The van der Waals surface area contributed by atoms with E-state index in [0.717, 1.165) is 0 Å². The average molecular weight is 395 g/mol. The molecule has 1 aromatic heterocycles. The number of amides is 1. The highest BCUT2D eigenvalue weighted by molar-refractivity contribution is 5.94. The van der Waals surface area contributed by atoms with Gasteiger partial charge in [-0.15, -0.1) is 0 Å². The van der Waals surface area contributed by atoms with Crippen LogP contribution in [0.2, 0.25) is 0 Å². The number of hydrogen-bond acceptors (Lipinski definition) is 7. The maximum absolute atomic E-state index is 12.4. The standard InChI is InChI=1S/C21H21N3O5/c1-4-10-28-16-7-5-6-15(11-16)21(25)22-13-19-23-20(24-29-19)14-8-9-17(26-2)18(12-14)27-3/h4-9,11-12H,1,10,13H2,2-3H3,(H,22,25). The Labute approximate surface area is 168 Å². The molecule has 3 rings (SSSR count). The van der Waals surface area contributed by atoms with Gasteiger partial charge in [0.2, 0.25) is 11.7 Å². The highest BCUT2D eigenvalue weighted by Gasteiger charge is 2.13. The van der Waals surface area contributed by atoms with E-state index in [4.69, 9.17) is 18.7 Å². The van der Waals surface area contributed by atoms with E-state index in [9.17, 15) is 4.79 Å². The van der Waals surface area contributed by atoms with E-state index in [0.29, 0.717) is 40.8 Å². The summed E-state index contributed by atoms with van der Waals surface area (Å²) in [5, 5.41) is 6.70. The van der Waals surface area contributed by atoms with Crippen molar-refractivity contribution in [2.24, 2.45) is 0 Å². The Balaban J connectivity index is 1.65. The largest absolute Gasteiger partial charge is 0.493 e. The molecule has 0 spiro atoms. The zero-order valence-corrected chi connectivity index (χ0v) is 16.2. The first-order valence-corrected chi connectivity index (χ1v) is 8.81. The van der Waals surface area contributed by atoms with Crippen LogP contribution in [0.3, 0.4) is 0 Å². The molecule has 8 nitrogen and oxygen atoms in total. The summed E-state index contributed by atoms with van der Waals surface area (Å²) in [6, 6.07) is 12.2. The Morgan fingerprint density at radius 3 is 2.76 bits per heavy atom. The maximum atomic E-state index is 12.4. The number of carbonyl (C=O) groups is 1. The Kier molecular flexibility index (Phi) is 6.47. The van der Waals surface area contributed by atoms with Crippen LogP contribution < -0.4 is 19.5 Å². The minimum Gasteiger partial charge on any atom is -0.493 e. The summed E-state index contributed by atoms with van der Waals surface area (Å²) in [5.41, 5.74) is 1.17. The molecule has 150 valence electrons. The third-order valence-electron chi connectivity index (χ3n) is 3.97. The highest BCUT2D eigenvalue weighted by atomic mass is 16.5. The molecule has 0 aliphatic heterocycles. The SMILES string of the molecule is C=CCOc1cccc(C(=O)NCc2nc(-c3ccc(OC)c(OC)c3)no2)c1. The van der Waals surface area contributed by atoms with Crippen molar-refractivity contribution in [3.05, 3.63) is 66.6 Å². The van der Waals surface area contributed by atoms with Gasteiger partial charge in [0.1, 0.15) is 12.4 Å². The molecule has 0 aliphatic carbocycles. The van der Waals surface area contributed by atoms with Gasteiger partial charge in [0.25, 0.3) is 5.91 Å². The van der Waals surface area contributed by atoms with Crippen LogP contribution in [0, 0.1) is 0 Å². The Morgan fingerprint density at radius 1 is 1.17 bits per heavy atom. The number of hydrogen-bond donors (Lipinski definition) is 1. The second-order valence-electron chi connectivity index (χ2n) is 5.89. The van der Waals surface area contributed by atoms with Gasteiger partial charge in [0.15, 0.2) is 11.5 Å². The summed E-state index contributed by atoms with van der Waals surface area (Å²) >= 11 is 0. The van der Waals surface area contributed by atoms with Gasteiger partial charge in [0, 0.05) is 11.1 Å². The molecule has 3 aromatic rings. The van der Waals surface area contributed by atoms with Crippen LogP contribution in [0.4, 0.5) is 0 Å². The van der Waals surface area contributed by atoms with Crippen LogP contribution in [0.15, 0.2) is 59.6 Å². The highest BCUT2D eigenvalue weighted by Crippen LogP contribution is 2.31. The molecule has 0 bridgehead atoms. The molecule has 1 heterocycles. The lowest BCUT2D eigenvalue weighted by Crippen LogP contribution is -2.22. The zero-order chi connectivity index (χ0) is 20.6. The topological polar surface area (TPSA) is 95.7 Å². The summed E-state index contributed by atoms with van der Waals surface area (Å²) in [4.78, 5) is 16.7. The van der Waals surface area contributed by atoms with E-state index < -0.39 is 0 Å². The summed E-state index contributed by atoms with van der Waals surface area (Å²) < 4.78 is 21.2. The predicted molar refractivity (Wildman–Crippen MR) is 106 cm³/mol. The summed E-state index contributed by atoms with van der Waals surface area (Å²) in [6.07, 6.45) is 1.64. The number of nitrogens with zero attached hydrogens (tertiary/aromatic N) is 2. The van der Waals surface area contributed by atoms with Gasteiger partial charge in [-0.3, -0.25) is 4.79 Å². The van der Waals surface area contributed by atoms with Gasteiger partial charge in [-0.25, -0.2) is 0 Å².